The van der Waals surface area contributed by atoms with Gasteiger partial charge in [0.2, 0.25) is 0 Å². The first-order valence-corrected chi connectivity index (χ1v) is 7.69. The summed E-state index contributed by atoms with van der Waals surface area (Å²) in [6.45, 7) is 5.84. The van der Waals surface area contributed by atoms with Gasteiger partial charge in [-0.3, -0.25) is 0 Å². The van der Waals surface area contributed by atoms with Gasteiger partial charge < -0.3 is 5.32 Å². The zero-order valence-electron chi connectivity index (χ0n) is 12.5. The quantitative estimate of drug-likeness (QED) is 0.814. The molecule has 0 spiro atoms. The highest BCUT2D eigenvalue weighted by molar-refractivity contribution is 6.31. The number of aryl methyl sites for hydroxylation is 1. The van der Waals surface area contributed by atoms with E-state index in [9.17, 15) is 4.39 Å². The summed E-state index contributed by atoms with van der Waals surface area (Å²) in [6, 6.07) is 13.3. The molecular formula is C18H21ClFN. The highest BCUT2D eigenvalue weighted by Crippen LogP contribution is 2.27. The Labute approximate surface area is 131 Å². The van der Waals surface area contributed by atoms with E-state index in [1.54, 1.807) is 12.1 Å². The van der Waals surface area contributed by atoms with Crippen molar-refractivity contribution >= 4 is 11.6 Å². The van der Waals surface area contributed by atoms with Gasteiger partial charge in [0, 0.05) is 23.0 Å². The van der Waals surface area contributed by atoms with Crippen molar-refractivity contribution in [3.8, 4) is 0 Å². The van der Waals surface area contributed by atoms with E-state index >= 15 is 0 Å². The lowest BCUT2D eigenvalue weighted by Gasteiger charge is -2.19. The molecule has 1 N–H and O–H groups in total. The summed E-state index contributed by atoms with van der Waals surface area (Å²) in [7, 11) is 0. The smallest absolute Gasteiger partial charge is 0.127 e. The van der Waals surface area contributed by atoms with Crippen molar-refractivity contribution in [3.05, 3.63) is 70.0 Å². The van der Waals surface area contributed by atoms with Gasteiger partial charge in [-0.25, -0.2) is 4.39 Å². The maximum Gasteiger partial charge on any atom is 0.127 e. The van der Waals surface area contributed by atoms with Crippen LogP contribution in [0.5, 0.6) is 0 Å². The number of hydrogen-bond acceptors (Lipinski definition) is 1. The average Bonchev–Trinajstić information content (AvgIpc) is 2.47. The Balaban J connectivity index is 2.26. The molecule has 0 aliphatic rings. The van der Waals surface area contributed by atoms with Crippen LogP contribution in [0.25, 0.3) is 0 Å². The van der Waals surface area contributed by atoms with Gasteiger partial charge in [-0.05, 0) is 37.6 Å². The molecule has 112 valence electrons. The fraction of sp³-hybridized carbons (Fsp3) is 0.333. The van der Waals surface area contributed by atoms with Gasteiger partial charge in [-0.2, -0.15) is 0 Å². The van der Waals surface area contributed by atoms with Crippen LogP contribution in [0.3, 0.4) is 0 Å². The number of likely N-dealkylation sites (N-methyl/N-ethyl adjacent to an activating group) is 1. The van der Waals surface area contributed by atoms with Crippen molar-refractivity contribution in [1.29, 1.82) is 0 Å². The van der Waals surface area contributed by atoms with Crippen molar-refractivity contribution < 1.29 is 4.39 Å². The Hall–Kier alpha value is -1.38. The van der Waals surface area contributed by atoms with Crippen LogP contribution >= 0.6 is 11.6 Å². The number of benzene rings is 2. The summed E-state index contributed by atoms with van der Waals surface area (Å²) in [4.78, 5) is 0. The summed E-state index contributed by atoms with van der Waals surface area (Å²) in [6.07, 6.45) is 0.599. The third kappa shape index (κ3) is 4.29. The zero-order chi connectivity index (χ0) is 15.2. The molecule has 0 aliphatic carbocycles. The maximum absolute atomic E-state index is 14.0. The molecule has 0 fully saturated rings. The van der Waals surface area contributed by atoms with Gasteiger partial charge in [-0.15, -0.1) is 0 Å². The zero-order valence-corrected chi connectivity index (χ0v) is 13.3. The molecule has 3 heteroatoms. The van der Waals surface area contributed by atoms with Crippen LogP contribution in [-0.2, 0) is 6.42 Å². The molecule has 0 aliphatic heterocycles. The lowest BCUT2D eigenvalue weighted by Crippen LogP contribution is -2.23. The van der Waals surface area contributed by atoms with E-state index in [1.807, 2.05) is 0 Å². The van der Waals surface area contributed by atoms with E-state index in [4.69, 9.17) is 11.6 Å². The van der Waals surface area contributed by atoms with Crippen molar-refractivity contribution in [3.63, 3.8) is 0 Å². The molecule has 21 heavy (non-hydrogen) atoms. The van der Waals surface area contributed by atoms with E-state index in [0.29, 0.717) is 17.0 Å². The van der Waals surface area contributed by atoms with E-state index in [1.165, 1.54) is 17.2 Å². The third-order valence-electron chi connectivity index (χ3n) is 3.70. The Morgan fingerprint density at radius 1 is 1.14 bits per heavy atom. The molecule has 0 bridgehead atoms. The molecule has 1 nitrogen and oxygen atoms in total. The summed E-state index contributed by atoms with van der Waals surface area (Å²) in [5.41, 5.74) is 3.04. The molecule has 2 aromatic carbocycles. The first-order chi connectivity index (χ1) is 10.1. The molecule has 0 heterocycles. The van der Waals surface area contributed by atoms with Crippen LogP contribution in [0.4, 0.5) is 4.39 Å². The van der Waals surface area contributed by atoms with Gasteiger partial charge >= 0.3 is 0 Å². The fourth-order valence-corrected chi connectivity index (χ4v) is 2.68. The van der Waals surface area contributed by atoms with E-state index in [0.717, 1.165) is 13.1 Å². The third-order valence-corrected chi connectivity index (χ3v) is 4.06. The number of halogens is 2. The minimum absolute atomic E-state index is 0.208. The Bertz CT molecular complexity index is 560. The van der Waals surface area contributed by atoms with Crippen molar-refractivity contribution in [2.75, 3.05) is 13.1 Å². The summed E-state index contributed by atoms with van der Waals surface area (Å²) < 4.78 is 14.0. The van der Waals surface area contributed by atoms with Gasteiger partial charge in [0.05, 0.1) is 0 Å². The van der Waals surface area contributed by atoms with E-state index < -0.39 is 0 Å². The van der Waals surface area contributed by atoms with Crippen LogP contribution in [0.1, 0.15) is 29.5 Å². The Morgan fingerprint density at radius 2 is 1.86 bits per heavy atom. The number of hydrogen-bond donors (Lipinski definition) is 1. The second-order valence-electron chi connectivity index (χ2n) is 5.32. The predicted octanol–water partition coefficient (Wildman–Crippen LogP) is 4.72. The minimum Gasteiger partial charge on any atom is -0.316 e. The highest BCUT2D eigenvalue weighted by atomic mass is 35.5. The molecule has 1 atom stereocenters. The molecule has 2 rings (SSSR count). The van der Waals surface area contributed by atoms with Gasteiger partial charge in [0.25, 0.3) is 0 Å². The molecular weight excluding hydrogens is 285 g/mol. The lowest BCUT2D eigenvalue weighted by atomic mass is 9.91. The topological polar surface area (TPSA) is 12.0 Å². The van der Waals surface area contributed by atoms with Gasteiger partial charge in [0.1, 0.15) is 5.82 Å². The molecule has 0 aromatic heterocycles. The molecule has 2 aromatic rings. The highest BCUT2D eigenvalue weighted by Gasteiger charge is 2.16. The van der Waals surface area contributed by atoms with Crippen molar-refractivity contribution in [1.82, 2.24) is 5.32 Å². The second-order valence-corrected chi connectivity index (χ2v) is 5.73. The molecule has 0 saturated heterocycles. The van der Waals surface area contributed by atoms with E-state index in [2.05, 4.69) is 43.4 Å². The molecule has 0 radical (unpaired) electrons. The van der Waals surface area contributed by atoms with Crippen LogP contribution in [0.15, 0.2) is 42.5 Å². The molecule has 1 unspecified atom stereocenters. The predicted molar refractivity (Wildman–Crippen MR) is 87.6 cm³/mol. The fourth-order valence-electron chi connectivity index (χ4n) is 2.44. The number of nitrogens with one attached hydrogen (secondary N) is 1. The standard InChI is InChI=1S/C18H21ClFN/c1-3-21-12-15(14-9-7-13(2)8-10-14)11-16-17(19)5-4-6-18(16)20/h4-10,15,21H,3,11-12H2,1-2H3. The monoisotopic (exact) mass is 305 g/mol. The Morgan fingerprint density at radius 3 is 2.48 bits per heavy atom. The second kappa shape index (κ2) is 7.58. The molecule has 0 saturated carbocycles. The van der Waals surface area contributed by atoms with Crippen LogP contribution in [-0.4, -0.2) is 13.1 Å². The van der Waals surface area contributed by atoms with Gasteiger partial charge in [-0.1, -0.05) is 54.4 Å². The van der Waals surface area contributed by atoms with Gasteiger partial charge in [0.15, 0.2) is 0 Å². The van der Waals surface area contributed by atoms with Crippen LogP contribution in [0, 0.1) is 12.7 Å². The van der Waals surface area contributed by atoms with Crippen molar-refractivity contribution in [2.45, 2.75) is 26.2 Å². The van der Waals surface area contributed by atoms with Crippen molar-refractivity contribution in [2.24, 2.45) is 0 Å². The van der Waals surface area contributed by atoms with Crippen LogP contribution in [0.2, 0.25) is 5.02 Å². The van der Waals surface area contributed by atoms with E-state index in [-0.39, 0.29) is 11.7 Å². The number of rotatable bonds is 6. The van der Waals surface area contributed by atoms with Crippen LogP contribution < -0.4 is 5.32 Å². The first kappa shape index (κ1) is 16.0. The summed E-state index contributed by atoms with van der Waals surface area (Å²) in [5, 5.41) is 3.86. The SMILES string of the molecule is CCNCC(Cc1c(F)cccc1Cl)c1ccc(C)cc1. The maximum atomic E-state index is 14.0. The average molecular weight is 306 g/mol. The normalized spacial score (nSPS) is 12.4. The summed E-state index contributed by atoms with van der Waals surface area (Å²) in [5.74, 6) is -0.0175. The first-order valence-electron chi connectivity index (χ1n) is 7.32. The minimum atomic E-state index is -0.226. The lowest BCUT2D eigenvalue weighted by molar-refractivity contribution is 0.562. The molecule has 0 amide bonds. The largest absolute Gasteiger partial charge is 0.316 e. The Kier molecular flexibility index (Phi) is 5.77. The summed E-state index contributed by atoms with van der Waals surface area (Å²) >= 11 is 6.16.